The molecule has 4 rings (SSSR count). The molecule has 3 atom stereocenters. The van der Waals surface area contributed by atoms with Gasteiger partial charge in [-0.2, -0.15) is 0 Å². The van der Waals surface area contributed by atoms with Crippen LogP contribution < -0.4 is 0 Å². The molecule has 4 heteroatoms. The van der Waals surface area contributed by atoms with Crippen LogP contribution in [-0.2, 0) is 15.3 Å². The number of amides is 1. The lowest BCUT2D eigenvalue weighted by atomic mass is 9.84. The van der Waals surface area contributed by atoms with Gasteiger partial charge in [0.05, 0.1) is 6.61 Å². The van der Waals surface area contributed by atoms with E-state index in [1.165, 1.54) is 0 Å². The fourth-order valence-electron chi connectivity index (χ4n) is 3.99. The minimum atomic E-state index is -0.575. The Hall–Kier alpha value is -1.32. The molecule has 0 saturated carbocycles. The Labute approximate surface area is 129 Å². The molecule has 0 N–H and O–H groups in total. The van der Waals surface area contributed by atoms with E-state index in [1.54, 1.807) is 0 Å². The zero-order chi connectivity index (χ0) is 14.4. The van der Waals surface area contributed by atoms with E-state index in [0.717, 1.165) is 31.4 Å². The van der Waals surface area contributed by atoms with E-state index in [4.69, 9.17) is 16.3 Å². The number of halogens is 1. The third kappa shape index (κ3) is 1.95. The predicted octanol–water partition coefficient (Wildman–Crippen LogP) is 3.48. The van der Waals surface area contributed by atoms with E-state index in [-0.39, 0.29) is 11.9 Å². The number of carbonyl (C=O) groups excluding carboxylic acids is 1. The molecule has 1 aliphatic carbocycles. The summed E-state index contributed by atoms with van der Waals surface area (Å²) in [6.45, 7) is 0.724. The minimum Gasteiger partial charge on any atom is -0.351 e. The van der Waals surface area contributed by atoms with Gasteiger partial charge >= 0.3 is 0 Å². The van der Waals surface area contributed by atoms with Crippen LogP contribution in [0.25, 0.3) is 0 Å². The third-order valence-electron chi connectivity index (χ3n) is 5.03. The van der Waals surface area contributed by atoms with Gasteiger partial charge in [0.25, 0.3) is 0 Å². The SMILES string of the molecule is O=C1CCC2(c3ccc(Cl)cc3)OC[C@H]3CC=CC[C@H]3N12. The average molecular weight is 304 g/mol. The predicted molar refractivity (Wildman–Crippen MR) is 80.8 cm³/mol. The van der Waals surface area contributed by atoms with Gasteiger partial charge in [0.2, 0.25) is 5.91 Å². The van der Waals surface area contributed by atoms with Gasteiger partial charge < -0.3 is 9.64 Å². The zero-order valence-corrected chi connectivity index (χ0v) is 12.6. The molecule has 3 nitrogen and oxygen atoms in total. The Morgan fingerprint density at radius 1 is 1.19 bits per heavy atom. The molecule has 0 spiro atoms. The fraction of sp³-hybridized carbons (Fsp3) is 0.471. The van der Waals surface area contributed by atoms with Crippen LogP contribution in [0, 0.1) is 5.92 Å². The third-order valence-corrected chi connectivity index (χ3v) is 5.28. The number of ether oxygens (including phenoxy) is 1. The maximum Gasteiger partial charge on any atom is 0.225 e. The quantitative estimate of drug-likeness (QED) is 0.743. The van der Waals surface area contributed by atoms with Crippen LogP contribution in [0.3, 0.4) is 0 Å². The number of carbonyl (C=O) groups is 1. The highest BCUT2D eigenvalue weighted by atomic mass is 35.5. The maximum atomic E-state index is 12.5. The van der Waals surface area contributed by atoms with E-state index in [0.29, 0.717) is 17.4 Å². The lowest BCUT2D eigenvalue weighted by Crippen LogP contribution is -2.59. The molecule has 21 heavy (non-hydrogen) atoms. The first-order valence-corrected chi connectivity index (χ1v) is 7.96. The van der Waals surface area contributed by atoms with Gasteiger partial charge in [0.1, 0.15) is 0 Å². The van der Waals surface area contributed by atoms with Gasteiger partial charge in [-0.1, -0.05) is 35.9 Å². The molecule has 0 bridgehead atoms. The number of hydrogen-bond donors (Lipinski definition) is 0. The summed E-state index contributed by atoms with van der Waals surface area (Å²) in [5.41, 5.74) is 0.472. The van der Waals surface area contributed by atoms with Gasteiger partial charge in [-0.3, -0.25) is 4.79 Å². The molecule has 2 heterocycles. The second kappa shape index (κ2) is 4.85. The molecule has 2 fully saturated rings. The number of benzene rings is 1. The summed E-state index contributed by atoms with van der Waals surface area (Å²) >= 11 is 6.00. The largest absolute Gasteiger partial charge is 0.351 e. The van der Waals surface area contributed by atoms with Gasteiger partial charge in [-0.15, -0.1) is 0 Å². The van der Waals surface area contributed by atoms with Crippen LogP contribution in [0.15, 0.2) is 36.4 Å². The van der Waals surface area contributed by atoms with Crippen molar-refractivity contribution < 1.29 is 9.53 Å². The molecule has 2 aliphatic heterocycles. The van der Waals surface area contributed by atoms with Crippen LogP contribution in [0.2, 0.25) is 5.02 Å². The van der Waals surface area contributed by atoms with Crippen molar-refractivity contribution in [2.45, 2.75) is 37.5 Å². The van der Waals surface area contributed by atoms with Crippen molar-refractivity contribution in [1.29, 1.82) is 0 Å². The van der Waals surface area contributed by atoms with Crippen molar-refractivity contribution in [3.63, 3.8) is 0 Å². The van der Waals surface area contributed by atoms with Crippen LogP contribution in [0.1, 0.15) is 31.2 Å². The number of nitrogens with zero attached hydrogens (tertiary/aromatic N) is 1. The first-order valence-electron chi connectivity index (χ1n) is 7.58. The highest BCUT2D eigenvalue weighted by Crippen LogP contribution is 2.48. The monoisotopic (exact) mass is 303 g/mol. The molecule has 0 aromatic heterocycles. The van der Waals surface area contributed by atoms with E-state index in [9.17, 15) is 4.79 Å². The first kappa shape index (κ1) is 13.4. The van der Waals surface area contributed by atoms with Crippen LogP contribution in [-0.4, -0.2) is 23.5 Å². The molecule has 1 aromatic rings. The standard InChI is InChI=1S/C17H18ClNO2/c18-14-7-5-13(6-8-14)17-10-9-16(20)19(17)15-4-2-1-3-12(15)11-21-17/h1-2,5-8,12,15H,3-4,9-11H2/t12-,15-,17?/m1/s1. The van der Waals surface area contributed by atoms with Gasteiger partial charge in [-0.25, -0.2) is 0 Å². The minimum absolute atomic E-state index is 0.218. The van der Waals surface area contributed by atoms with Crippen molar-refractivity contribution in [1.82, 2.24) is 4.90 Å². The van der Waals surface area contributed by atoms with Crippen molar-refractivity contribution >= 4 is 17.5 Å². The van der Waals surface area contributed by atoms with Crippen molar-refractivity contribution in [3.05, 3.63) is 47.0 Å². The Morgan fingerprint density at radius 2 is 1.95 bits per heavy atom. The molecule has 1 amide bonds. The second-order valence-corrected chi connectivity index (χ2v) is 6.57. The molecular weight excluding hydrogens is 286 g/mol. The summed E-state index contributed by atoms with van der Waals surface area (Å²) in [7, 11) is 0. The molecular formula is C17H18ClNO2. The molecule has 1 aromatic carbocycles. The van der Waals surface area contributed by atoms with E-state index < -0.39 is 5.72 Å². The van der Waals surface area contributed by atoms with Crippen molar-refractivity contribution in [3.8, 4) is 0 Å². The second-order valence-electron chi connectivity index (χ2n) is 6.14. The first-order chi connectivity index (χ1) is 10.2. The van der Waals surface area contributed by atoms with Gasteiger partial charge in [0.15, 0.2) is 5.72 Å². The Bertz CT molecular complexity index is 597. The molecule has 2 saturated heterocycles. The zero-order valence-electron chi connectivity index (χ0n) is 11.8. The summed E-state index contributed by atoms with van der Waals surface area (Å²) < 4.78 is 6.28. The molecule has 3 aliphatic rings. The summed E-state index contributed by atoms with van der Waals surface area (Å²) in [5.74, 6) is 0.646. The molecule has 110 valence electrons. The molecule has 1 unspecified atom stereocenters. The Kier molecular flexibility index (Phi) is 3.09. The van der Waals surface area contributed by atoms with Crippen molar-refractivity contribution in [2.24, 2.45) is 5.92 Å². The molecule has 0 radical (unpaired) electrons. The highest BCUT2D eigenvalue weighted by Gasteiger charge is 2.55. The topological polar surface area (TPSA) is 29.5 Å². The Balaban J connectivity index is 1.78. The van der Waals surface area contributed by atoms with Crippen LogP contribution in [0.5, 0.6) is 0 Å². The summed E-state index contributed by atoms with van der Waals surface area (Å²) in [6, 6.07) is 8.01. The van der Waals surface area contributed by atoms with Gasteiger partial charge in [-0.05, 0) is 25.0 Å². The van der Waals surface area contributed by atoms with Crippen LogP contribution in [0.4, 0.5) is 0 Å². The fourth-order valence-corrected chi connectivity index (χ4v) is 4.11. The van der Waals surface area contributed by atoms with Crippen LogP contribution >= 0.6 is 11.6 Å². The summed E-state index contributed by atoms with van der Waals surface area (Å²) in [5, 5.41) is 0.709. The van der Waals surface area contributed by atoms with Crippen molar-refractivity contribution in [2.75, 3.05) is 6.61 Å². The number of fused-ring (bicyclic) bond motifs is 3. The Morgan fingerprint density at radius 3 is 2.76 bits per heavy atom. The summed E-state index contributed by atoms with van der Waals surface area (Å²) in [4.78, 5) is 14.5. The number of allylic oxidation sites excluding steroid dienone is 1. The lowest BCUT2D eigenvalue weighted by molar-refractivity contribution is -0.216. The highest BCUT2D eigenvalue weighted by molar-refractivity contribution is 6.30. The van der Waals surface area contributed by atoms with E-state index >= 15 is 0 Å². The normalized spacial score (nSPS) is 34.7. The lowest BCUT2D eigenvalue weighted by Gasteiger charge is -2.51. The average Bonchev–Trinajstić information content (AvgIpc) is 2.87. The number of rotatable bonds is 1. The van der Waals surface area contributed by atoms with Gasteiger partial charge in [0, 0.05) is 35.4 Å². The summed E-state index contributed by atoms with van der Waals surface area (Å²) in [6.07, 6.45) is 7.65. The maximum absolute atomic E-state index is 12.5. The van der Waals surface area contributed by atoms with E-state index in [1.807, 2.05) is 29.2 Å². The number of hydrogen-bond acceptors (Lipinski definition) is 2. The van der Waals surface area contributed by atoms with E-state index in [2.05, 4.69) is 12.2 Å². The smallest absolute Gasteiger partial charge is 0.225 e.